The molecule has 2 aromatic rings. The summed E-state index contributed by atoms with van der Waals surface area (Å²) in [5, 5.41) is 14.6. The third-order valence-corrected chi connectivity index (χ3v) is 3.50. The van der Waals surface area contributed by atoms with Crippen molar-refractivity contribution in [2.24, 2.45) is 0 Å². The zero-order chi connectivity index (χ0) is 14.5. The zero-order valence-corrected chi connectivity index (χ0v) is 12.1. The number of aromatic nitrogens is 1. The minimum atomic E-state index is -0.374. The monoisotopic (exact) mass is 293 g/mol. The number of hydrogen-bond acceptors (Lipinski definition) is 6. The van der Waals surface area contributed by atoms with Crippen LogP contribution in [0.3, 0.4) is 0 Å². The standard InChI is InChI=1S/C13H15N3O3S/c1-3-14-11-5-4-10(6-12(11)16(17)18)8-20-13-15-9(2)7-19-13/h4-7,14H,3,8H2,1-2H3. The number of aryl methyl sites for hydroxylation is 1. The number of nitro groups is 1. The fraction of sp³-hybridized carbons (Fsp3) is 0.308. The molecule has 0 unspecified atom stereocenters. The second-order valence-electron chi connectivity index (χ2n) is 4.18. The predicted molar refractivity (Wildman–Crippen MR) is 78.1 cm³/mol. The Balaban J connectivity index is 2.12. The van der Waals surface area contributed by atoms with E-state index in [0.29, 0.717) is 23.2 Å². The molecule has 1 heterocycles. The molecule has 0 aliphatic carbocycles. The van der Waals surface area contributed by atoms with Gasteiger partial charge in [-0.2, -0.15) is 0 Å². The summed E-state index contributed by atoms with van der Waals surface area (Å²) in [6, 6.07) is 5.19. The number of nitrogens with zero attached hydrogens (tertiary/aromatic N) is 2. The van der Waals surface area contributed by atoms with Crippen molar-refractivity contribution in [3.05, 3.63) is 45.8 Å². The van der Waals surface area contributed by atoms with Crippen LogP contribution >= 0.6 is 11.8 Å². The second-order valence-corrected chi connectivity index (χ2v) is 5.11. The molecule has 1 aromatic carbocycles. The van der Waals surface area contributed by atoms with Crippen LogP contribution in [-0.2, 0) is 5.75 Å². The van der Waals surface area contributed by atoms with Gasteiger partial charge in [0.15, 0.2) is 0 Å². The van der Waals surface area contributed by atoms with Crippen LogP contribution in [0.5, 0.6) is 0 Å². The lowest BCUT2D eigenvalue weighted by molar-refractivity contribution is -0.384. The van der Waals surface area contributed by atoms with Gasteiger partial charge in [-0.05, 0) is 25.5 Å². The van der Waals surface area contributed by atoms with Gasteiger partial charge in [-0.3, -0.25) is 10.1 Å². The van der Waals surface area contributed by atoms with E-state index in [4.69, 9.17) is 4.42 Å². The highest BCUT2D eigenvalue weighted by atomic mass is 32.2. The van der Waals surface area contributed by atoms with Crippen molar-refractivity contribution in [2.75, 3.05) is 11.9 Å². The normalized spacial score (nSPS) is 10.5. The summed E-state index contributed by atoms with van der Waals surface area (Å²) in [5.74, 6) is 0.577. The number of benzene rings is 1. The van der Waals surface area contributed by atoms with Gasteiger partial charge < -0.3 is 9.73 Å². The molecule has 0 fully saturated rings. The maximum absolute atomic E-state index is 11.1. The topological polar surface area (TPSA) is 81.2 Å². The predicted octanol–water partition coefficient (Wildman–Crippen LogP) is 3.62. The SMILES string of the molecule is CCNc1ccc(CSc2nc(C)co2)cc1[N+](=O)[O-]. The Bertz CT molecular complexity index is 613. The molecule has 6 nitrogen and oxygen atoms in total. The fourth-order valence-electron chi connectivity index (χ4n) is 1.70. The second kappa shape index (κ2) is 6.42. The quantitative estimate of drug-likeness (QED) is 0.497. The summed E-state index contributed by atoms with van der Waals surface area (Å²) >= 11 is 1.41. The molecular weight excluding hydrogens is 278 g/mol. The van der Waals surface area contributed by atoms with E-state index in [1.165, 1.54) is 11.8 Å². The third kappa shape index (κ3) is 3.51. The first-order valence-corrected chi connectivity index (χ1v) is 7.15. The number of anilines is 1. The molecule has 7 heteroatoms. The van der Waals surface area contributed by atoms with Gasteiger partial charge in [-0.15, -0.1) is 0 Å². The van der Waals surface area contributed by atoms with E-state index >= 15 is 0 Å². The van der Waals surface area contributed by atoms with E-state index < -0.39 is 0 Å². The molecule has 0 aliphatic heterocycles. The van der Waals surface area contributed by atoms with Crippen molar-refractivity contribution in [2.45, 2.75) is 24.8 Å². The fourth-order valence-corrected chi connectivity index (χ4v) is 2.50. The van der Waals surface area contributed by atoms with Gasteiger partial charge in [0.25, 0.3) is 10.9 Å². The van der Waals surface area contributed by atoms with Crippen LogP contribution < -0.4 is 5.32 Å². The maximum Gasteiger partial charge on any atom is 0.292 e. The Labute approximate surface area is 120 Å². The zero-order valence-electron chi connectivity index (χ0n) is 11.3. The first kappa shape index (κ1) is 14.4. The summed E-state index contributed by atoms with van der Waals surface area (Å²) in [6.07, 6.45) is 1.58. The van der Waals surface area contributed by atoms with Crippen molar-refractivity contribution >= 4 is 23.1 Å². The van der Waals surface area contributed by atoms with E-state index in [9.17, 15) is 10.1 Å². The molecule has 106 valence electrons. The van der Waals surface area contributed by atoms with Gasteiger partial charge in [0.1, 0.15) is 12.0 Å². The molecule has 1 N–H and O–H groups in total. The smallest absolute Gasteiger partial charge is 0.292 e. The Kier molecular flexibility index (Phi) is 4.62. The van der Waals surface area contributed by atoms with Gasteiger partial charge in [0.2, 0.25) is 0 Å². The minimum Gasteiger partial charge on any atom is -0.440 e. The summed E-state index contributed by atoms with van der Waals surface area (Å²) in [6.45, 7) is 4.40. The van der Waals surface area contributed by atoms with Crippen LogP contribution in [0.1, 0.15) is 18.2 Å². The Hall–Kier alpha value is -2.02. The highest BCUT2D eigenvalue weighted by molar-refractivity contribution is 7.98. The number of nitro benzene ring substituents is 1. The van der Waals surface area contributed by atoms with Crippen LogP contribution in [0.2, 0.25) is 0 Å². The van der Waals surface area contributed by atoms with Gasteiger partial charge in [0, 0.05) is 18.4 Å². The molecule has 20 heavy (non-hydrogen) atoms. The average Bonchev–Trinajstić information content (AvgIpc) is 2.83. The number of nitrogens with one attached hydrogen (secondary N) is 1. The summed E-state index contributed by atoms with van der Waals surface area (Å²) in [5.41, 5.74) is 2.31. The highest BCUT2D eigenvalue weighted by Gasteiger charge is 2.14. The largest absolute Gasteiger partial charge is 0.440 e. The van der Waals surface area contributed by atoms with E-state index in [-0.39, 0.29) is 10.6 Å². The molecule has 0 aliphatic rings. The van der Waals surface area contributed by atoms with Crippen LogP contribution in [0.15, 0.2) is 34.1 Å². The third-order valence-electron chi connectivity index (χ3n) is 2.59. The highest BCUT2D eigenvalue weighted by Crippen LogP contribution is 2.29. The number of oxazole rings is 1. The van der Waals surface area contributed by atoms with E-state index in [2.05, 4.69) is 10.3 Å². The molecular formula is C13H15N3O3S. The average molecular weight is 293 g/mol. The summed E-state index contributed by atoms with van der Waals surface area (Å²) < 4.78 is 5.23. The minimum absolute atomic E-state index is 0.0912. The lowest BCUT2D eigenvalue weighted by atomic mass is 10.2. The van der Waals surface area contributed by atoms with Crippen molar-refractivity contribution in [1.82, 2.24) is 4.98 Å². The Morgan fingerprint density at radius 3 is 2.90 bits per heavy atom. The Morgan fingerprint density at radius 2 is 2.30 bits per heavy atom. The number of thioether (sulfide) groups is 1. The van der Waals surface area contributed by atoms with E-state index in [1.807, 2.05) is 19.9 Å². The molecule has 1 aromatic heterocycles. The van der Waals surface area contributed by atoms with Crippen LogP contribution in [0.4, 0.5) is 11.4 Å². The maximum atomic E-state index is 11.1. The molecule has 0 saturated heterocycles. The van der Waals surface area contributed by atoms with Gasteiger partial charge in [-0.1, -0.05) is 17.8 Å². The van der Waals surface area contributed by atoms with Gasteiger partial charge in [0.05, 0.1) is 10.6 Å². The van der Waals surface area contributed by atoms with Crippen molar-refractivity contribution in [3.63, 3.8) is 0 Å². The lowest BCUT2D eigenvalue weighted by Crippen LogP contribution is -2.01. The summed E-state index contributed by atoms with van der Waals surface area (Å²) in [7, 11) is 0. The van der Waals surface area contributed by atoms with Crippen LogP contribution in [0, 0.1) is 17.0 Å². The van der Waals surface area contributed by atoms with Gasteiger partial charge >= 0.3 is 0 Å². The van der Waals surface area contributed by atoms with Crippen molar-refractivity contribution in [3.8, 4) is 0 Å². The molecule has 2 rings (SSSR count). The molecule has 0 amide bonds. The van der Waals surface area contributed by atoms with Crippen molar-refractivity contribution in [1.29, 1.82) is 0 Å². The van der Waals surface area contributed by atoms with Crippen LogP contribution in [0.25, 0.3) is 0 Å². The number of hydrogen-bond donors (Lipinski definition) is 1. The Morgan fingerprint density at radius 1 is 1.50 bits per heavy atom. The molecule has 0 bridgehead atoms. The van der Waals surface area contributed by atoms with E-state index in [1.54, 1.807) is 18.4 Å². The first-order valence-electron chi connectivity index (χ1n) is 6.16. The molecule has 0 saturated carbocycles. The van der Waals surface area contributed by atoms with Crippen LogP contribution in [-0.4, -0.2) is 16.5 Å². The molecule has 0 atom stereocenters. The number of rotatable bonds is 6. The van der Waals surface area contributed by atoms with Gasteiger partial charge in [-0.25, -0.2) is 4.98 Å². The first-order chi connectivity index (χ1) is 9.60. The summed E-state index contributed by atoms with van der Waals surface area (Å²) in [4.78, 5) is 14.9. The van der Waals surface area contributed by atoms with Crippen molar-refractivity contribution < 1.29 is 9.34 Å². The molecule has 0 spiro atoms. The lowest BCUT2D eigenvalue weighted by Gasteiger charge is -2.06. The molecule has 0 radical (unpaired) electrons. The van der Waals surface area contributed by atoms with E-state index in [0.717, 1.165) is 11.3 Å².